The summed E-state index contributed by atoms with van der Waals surface area (Å²) < 4.78 is 0. The SMILES string of the molecule is CC(=O)N1c2ccc(C)cc2C(=O)N2CCCCCC21. The Morgan fingerprint density at radius 3 is 2.80 bits per heavy atom. The monoisotopic (exact) mass is 272 g/mol. The third kappa shape index (κ3) is 1.99. The molecule has 3 rings (SSSR count). The number of aryl methyl sites for hydroxylation is 1. The van der Waals surface area contributed by atoms with Crippen LogP contribution in [0.3, 0.4) is 0 Å². The molecule has 2 aliphatic heterocycles. The molecule has 0 aromatic heterocycles. The largest absolute Gasteiger partial charge is 0.318 e. The van der Waals surface area contributed by atoms with Gasteiger partial charge in [-0.1, -0.05) is 18.1 Å². The Hall–Kier alpha value is -1.84. The molecule has 2 heterocycles. The van der Waals surface area contributed by atoms with E-state index in [1.807, 2.05) is 34.9 Å². The van der Waals surface area contributed by atoms with Crippen molar-refractivity contribution in [3.63, 3.8) is 0 Å². The molecule has 1 atom stereocenters. The molecule has 1 unspecified atom stereocenters. The fourth-order valence-electron chi connectivity index (χ4n) is 3.32. The number of hydrogen-bond acceptors (Lipinski definition) is 2. The van der Waals surface area contributed by atoms with E-state index in [9.17, 15) is 9.59 Å². The van der Waals surface area contributed by atoms with E-state index in [2.05, 4.69) is 0 Å². The molecule has 0 saturated carbocycles. The standard InChI is InChI=1S/C16H20N2O2/c1-11-7-8-14-13(10-11)16(20)17-9-5-3-4-6-15(17)18(14)12(2)19/h7-8,10,15H,3-6,9H2,1-2H3. The summed E-state index contributed by atoms with van der Waals surface area (Å²) in [5.74, 6) is 0.0904. The number of hydrogen-bond donors (Lipinski definition) is 0. The van der Waals surface area contributed by atoms with E-state index in [0.717, 1.165) is 43.5 Å². The van der Waals surface area contributed by atoms with Crippen LogP contribution < -0.4 is 4.90 Å². The lowest BCUT2D eigenvalue weighted by Crippen LogP contribution is -2.56. The van der Waals surface area contributed by atoms with Crippen LogP contribution in [0, 0.1) is 6.92 Å². The van der Waals surface area contributed by atoms with Crippen LogP contribution in [0.4, 0.5) is 5.69 Å². The van der Waals surface area contributed by atoms with E-state index in [4.69, 9.17) is 0 Å². The molecule has 1 fully saturated rings. The van der Waals surface area contributed by atoms with Gasteiger partial charge in [-0.25, -0.2) is 0 Å². The van der Waals surface area contributed by atoms with E-state index in [1.165, 1.54) is 0 Å². The normalized spacial score (nSPS) is 22.1. The molecular formula is C16H20N2O2. The number of benzene rings is 1. The molecule has 0 N–H and O–H groups in total. The van der Waals surface area contributed by atoms with Gasteiger partial charge in [0.05, 0.1) is 11.3 Å². The molecule has 0 radical (unpaired) electrons. The zero-order chi connectivity index (χ0) is 14.3. The van der Waals surface area contributed by atoms with E-state index in [0.29, 0.717) is 5.56 Å². The number of carbonyl (C=O) groups excluding carboxylic acids is 2. The van der Waals surface area contributed by atoms with Gasteiger partial charge in [-0.15, -0.1) is 0 Å². The van der Waals surface area contributed by atoms with Crippen LogP contribution in [-0.2, 0) is 4.79 Å². The van der Waals surface area contributed by atoms with E-state index in [-0.39, 0.29) is 18.0 Å². The summed E-state index contributed by atoms with van der Waals surface area (Å²) in [6, 6.07) is 5.77. The zero-order valence-corrected chi connectivity index (χ0v) is 12.1. The lowest BCUT2D eigenvalue weighted by molar-refractivity contribution is -0.117. The van der Waals surface area contributed by atoms with Gasteiger partial charge in [0.25, 0.3) is 5.91 Å². The Morgan fingerprint density at radius 2 is 2.05 bits per heavy atom. The highest BCUT2D eigenvalue weighted by molar-refractivity contribution is 6.07. The topological polar surface area (TPSA) is 40.6 Å². The molecule has 1 aromatic carbocycles. The summed E-state index contributed by atoms with van der Waals surface area (Å²) in [5, 5.41) is 0. The minimum Gasteiger partial charge on any atom is -0.318 e. The molecule has 0 spiro atoms. The molecule has 106 valence electrons. The third-order valence-electron chi connectivity index (χ3n) is 4.26. The van der Waals surface area contributed by atoms with E-state index in [1.54, 1.807) is 6.92 Å². The first kappa shape index (κ1) is 13.2. The highest BCUT2D eigenvalue weighted by Gasteiger charge is 2.39. The molecule has 0 aliphatic carbocycles. The van der Waals surface area contributed by atoms with Crippen LogP contribution in [0.2, 0.25) is 0 Å². The lowest BCUT2D eigenvalue weighted by Gasteiger charge is -2.43. The van der Waals surface area contributed by atoms with Crippen molar-refractivity contribution in [1.82, 2.24) is 4.90 Å². The van der Waals surface area contributed by atoms with Crippen molar-refractivity contribution >= 4 is 17.5 Å². The maximum absolute atomic E-state index is 12.7. The fraction of sp³-hybridized carbons (Fsp3) is 0.500. The summed E-state index contributed by atoms with van der Waals surface area (Å²) in [7, 11) is 0. The third-order valence-corrected chi connectivity index (χ3v) is 4.26. The van der Waals surface area contributed by atoms with Gasteiger partial charge in [-0.2, -0.15) is 0 Å². The van der Waals surface area contributed by atoms with Crippen molar-refractivity contribution in [2.75, 3.05) is 11.4 Å². The van der Waals surface area contributed by atoms with Crippen molar-refractivity contribution in [2.24, 2.45) is 0 Å². The molecule has 2 aliphatic rings. The summed E-state index contributed by atoms with van der Waals surface area (Å²) in [5.41, 5.74) is 2.49. The highest BCUT2D eigenvalue weighted by atomic mass is 16.2. The summed E-state index contributed by atoms with van der Waals surface area (Å²) in [6.07, 6.45) is 3.99. The molecule has 20 heavy (non-hydrogen) atoms. The van der Waals surface area contributed by atoms with Crippen LogP contribution in [0.1, 0.15) is 48.5 Å². The van der Waals surface area contributed by atoms with E-state index >= 15 is 0 Å². The first-order chi connectivity index (χ1) is 9.59. The van der Waals surface area contributed by atoms with Crippen molar-refractivity contribution in [2.45, 2.75) is 45.7 Å². The van der Waals surface area contributed by atoms with Gasteiger partial charge < -0.3 is 4.90 Å². The number of anilines is 1. The number of rotatable bonds is 0. The van der Waals surface area contributed by atoms with E-state index < -0.39 is 0 Å². The summed E-state index contributed by atoms with van der Waals surface area (Å²) >= 11 is 0. The lowest BCUT2D eigenvalue weighted by atomic mass is 10.0. The molecule has 0 bridgehead atoms. The van der Waals surface area contributed by atoms with Gasteiger partial charge in [0, 0.05) is 13.5 Å². The van der Waals surface area contributed by atoms with Crippen LogP contribution in [0.5, 0.6) is 0 Å². The van der Waals surface area contributed by atoms with Gasteiger partial charge in [-0.05, 0) is 38.3 Å². The fourth-order valence-corrected chi connectivity index (χ4v) is 3.32. The van der Waals surface area contributed by atoms with Crippen LogP contribution >= 0.6 is 0 Å². The zero-order valence-electron chi connectivity index (χ0n) is 12.1. The molecule has 4 heteroatoms. The Morgan fingerprint density at radius 1 is 1.25 bits per heavy atom. The first-order valence-corrected chi connectivity index (χ1v) is 7.31. The Balaban J connectivity index is 2.14. The minimum atomic E-state index is -0.0993. The average molecular weight is 272 g/mol. The smallest absolute Gasteiger partial charge is 0.257 e. The van der Waals surface area contributed by atoms with Gasteiger partial charge in [0.1, 0.15) is 6.17 Å². The van der Waals surface area contributed by atoms with Crippen molar-refractivity contribution < 1.29 is 9.59 Å². The Bertz CT molecular complexity index is 568. The van der Waals surface area contributed by atoms with Crippen molar-refractivity contribution in [3.8, 4) is 0 Å². The molecule has 2 amide bonds. The predicted molar refractivity (Wildman–Crippen MR) is 77.6 cm³/mol. The first-order valence-electron chi connectivity index (χ1n) is 7.31. The van der Waals surface area contributed by atoms with Crippen LogP contribution in [0.25, 0.3) is 0 Å². The van der Waals surface area contributed by atoms with Gasteiger partial charge in [0.15, 0.2) is 0 Å². The number of amides is 2. The van der Waals surface area contributed by atoms with Crippen LogP contribution in [0.15, 0.2) is 18.2 Å². The maximum atomic E-state index is 12.7. The second-order valence-electron chi connectivity index (χ2n) is 5.74. The predicted octanol–water partition coefficient (Wildman–Crippen LogP) is 2.70. The van der Waals surface area contributed by atoms with Crippen LogP contribution in [-0.4, -0.2) is 29.4 Å². The molecular weight excluding hydrogens is 252 g/mol. The number of fused-ring (bicyclic) bond motifs is 2. The van der Waals surface area contributed by atoms with Gasteiger partial charge in [-0.3, -0.25) is 14.5 Å². The quantitative estimate of drug-likeness (QED) is 0.728. The van der Waals surface area contributed by atoms with Gasteiger partial charge in [0.2, 0.25) is 5.91 Å². The highest BCUT2D eigenvalue weighted by Crippen LogP contribution is 2.35. The minimum absolute atomic E-state index is 0.0134. The Kier molecular flexibility index (Phi) is 3.24. The summed E-state index contributed by atoms with van der Waals surface area (Å²) in [6.45, 7) is 4.31. The Labute approximate surface area is 119 Å². The maximum Gasteiger partial charge on any atom is 0.257 e. The number of carbonyl (C=O) groups is 2. The molecule has 1 aromatic rings. The average Bonchev–Trinajstić information content (AvgIpc) is 2.65. The molecule has 4 nitrogen and oxygen atoms in total. The second-order valence-corrected chi connectivity index (χ2v) is 5.74. The second kappa shape index (κ2) is 4.93. The van der Waals surface area contributed by atoms with Crippen molar-refractivity contribution in [1.29, 1.82) is 0 Å². The van der Waals surface area contributed by atoms with Crippen molar-refractivity contribution in [3.05, 3.63) is 29.3 Å². The van der Waals surface area contributed by atoms with Gasteiger partial charge >= 0.3 is 0 Å². The summed E-state index contributed by atoms with van der Waals surface area (Å²) in [4.78, 5) is 28.5. The molecule has 1 saturated heterocycles. The number of nitrogens with zero attached hydrogens (tertiary/aromatic N) is 2.